The summed E-state index contributed by atoms with van der Waals surface area (Å²) in [6.45, 7) is 9.24. The summed E-state index contributed by atoms with van der Waals surface area (Å²) in [5, 5.41) is 0.368. The van der Waals surface area contributed by atoms with Crippen LogP contribution in [0.4, 0.5) is 4.39 Å². The lowest BCUT2D eigenvalue weighted by Crippen LogP contribution is -2.56. The van der Waals surface area contributed by atoms with E-state index >= 15 is 4.39 Å². The fourth-order valence-electron chi connectivity index (χ4n) is 3.93. The van der Waals surface area contributed by atoms with Crippen LogP contribution in [-0.2, 0) is 9.53 Å². The smallest absolute Gasteiger partial charge is 0.232 e. The third kappa shape index (κ3) is 4.43. The van der Waals surface area contributed by atoms with Crippen molar-refractivity contribution >= 4 is 35.8 Å². The Morgan fingerprint density at radius 3 is 3.00 bits per heavy atom. The van der Waals surface area contributed by atoms with Crippen LogP contribution < -0.4 is 5.73 Å². The number of amidine groups is 1. The number of hydrogen-bond acceptors (Lipinski definition) is 7. The number of amides is 1. The highest BCUT2D eigenvalue weighted by Crippen LogP contribution is 2.52. The molecule has 0 spiro atoms. The van der Waals surface area contributed by atoms with Crippen LogP contribution in [0.15, 0.2) is 39.0 Å². The fourth-order valence-corrected chi connectivity index (χ4v) is 4.91. The minimum atomic E-state index is -1.28. The van der Waals surface area contributed by atoms with Gasteiger partial charge in [-0.1, -0.05) is 30.7 Å². The Morgan fingerprint density at radius 1 is 1.67 bits per heavy atom. The Morgan fingerprint density at radius 2 is 2.40 bits per heavy atom. The van der Waals surface area contributed by atoms with E-state index in [4.69, 9.17) is 21.9 Å². The molecule has 0 radical (unpaired) electrons. The van der Waals surface area contributed by atoms with E-state index in [9.17, 15) is 4.79 Å². The van der Waals surface area contributed by atoms with Crippen LogP contribution in [0.25, 0.3) is 0 Å². The third-order valence-electron chi connectivity index (χ3n) is 5.55. The van der Waals surface area contributed by atoms with Gasteiger partial charge in [0, 0.05) is 37.4 Å². The first-order chi connectivity index (χ1) is 14.3. The summed E-state index contributed by atoms with van der Waals surface area (Å²) < 4.78 is 20.8. The molecule has 1 amide bonds. The Kier molecular flexibility index (Phi) is 7.84. The molecule has 2 heterocycles. The molecule has 2 N–H and O–H groups in total. The van der Waals surface area contributed by atoms with Crippen LogP contribution in [0.2, 0.25) is 0 Å². The zero-order valence-corrected chi connectivity index (χ0v) is 18.4. The predicted molar refractivity (Wildman–Crippen MR) is 121 cm³/mol. The molecule has 162 valence electrons. The van der Waals surface area contributed by atoms with Gasteiger partial charge in [0.1, 0.15) is 11.4 Å². The highest BCUT2D eigenvalue weighted by molar-refractivity contribution is 8.13. The SMILES string of the molecule is C#CCO/C(=C/N=C)N=CC(C)(/C(F)=C\C)[C@]12CN(C(=O)CC)C[C@H]1CSC(N)=N2. The van der Waals surface area contributed by atoms with Gasteiger partial charge in [-0.25, -0.2) is 9.38 Å². The van der Waals surface area contributed by atoms with Crippen molar-refractivity contribution < 1.29 is 13.9 Å². The first-order valence-electron chi connectivity index (χ1n) is 9.63. The number of halogens is 1. The minimum Gasteiger partial charge on any atom is -0.463 e. The van der Waals surface area contributed by atoms with Crippen molar-refractivity contribution in [3.05, 3.63) is 24.0 Å². The lowest BCUT2D eigenvalue weighted by atomic mass is 9.65. The van der Waals surface area contributed by atoms with Crippen LogP contribution in [0, 0.1) is 23.7 Å². The van der Waals surface area contributed by atoms with Crippen molar-refractivity contribution in [3.63, 3.8) is 0 Å². The van der Waals surface area contributed by atoms with Gasteiger partial charge in [0.05, 0.1) is 11.6 Å². The number of aliphatic imine (C=N–C) groups is 3. The second kappa shape index (κ2) is 9.94. The molecular formula is C21H28FN5O2S. The van der Waals surface area contributed by atoms with Crippen molar-refractivity contribution in [1.82, 2.24) is 4.90 Å². The molecule has 7 nitrogen and oxygen atoms in total. The molecule has 2 aliphatic heterocycles. The number of thioether (sulfide) groups is 1. The van der Waals surface area contributed by atoms with Gasteiger partial charge in [-0.2, -0.15) is 0 Å². The largest absolute Gasteiger partial charge is 0.463 e. The Labute approximate surface area is 181 Å². The molecule has 0 aromatic heterocycles. The molecule has 0 saturated carbocycles. The van der Waals surface area contributed by atoms with Gasteiger partial charge in [-0.15, -0.1) is 6.42 Å². The Hall–Kier alpha value is -2.60. The molecule has 0 aliphatic carbocycles. The number of carbonyl (C=O) groups excluding carboxylic acids is 1. The van der Waals surface area contributed by atoms with E-state index in [2.05, 4.69) is 22.6 Å². The molecule has 1 unspecified atom stereocenters. The standard InChI is InChI=1S/C21H28FN5O2S/c1-6-9-29-17(10-24-5)25-13-20(4,16(22)7-2)21-14-27(18(28)8-3)11-15(21)12-30-19(23)26-21/h1,7,10,13,15H,5,8-9,11-12,14H2,2-4H3,(H2,23,26)/b16-7+,17-10+,25-13?/t15-,20?,21-/m0/s1. The Bertz CT molecular complexity index is 847. The fraction of sp³-hybridized carbons (Fsp3) is 0.524. The molecule has 0 bridgehead atoms. The summed E-state index contributed by atoms with van der Waals surface area (Å²) >= 11 is 1.42. The number of nitrogens with zero attached hydrogens (tertiary/aromatic N) is 4. The molecule has 3 atom stereocenters. The summed E-state index contributed by atoms with van der Waals surface area (Å²) in [7, 11) is 0. The topological polar surface area (TPSA) is 92.6 Å². The molecule has 30 heavy (non-hydrogen) atoms. The molecule has 0 aromatic carbocycles. The molecule has 1 saturated heterocycles. The molecule has 1 fully saturated rings. The number of fused-ring (bicyclic) bond motifs is 1. The van der Waals surface area contributed by atoms with Crippen molar-refractivity contribution in [2.75, 3.05) is 25.4 Å². The number of carbonyl (C=O) groups is 1. The van der Waals surface area contributed by atoms with Crippen LogP contribution in [0.1, 0.15) is 27.2 Å². The Balaban J connectivity index is 2.59. The summed E-state index contributed by atoms with van der Waals surface area (Å²) in [6, 6.07) is 0. The van der Waals surface area contributed by atoms with E-state index < -0.39 is 16.8 Å². The number of hydrogen-bond donors (Lipinski definition) is 1. The number of ether oxygens (including phenoxy) is 1. The number of allylic oxidation sites excluding steroid dienone is 1. The number of nitrogens with two attached hydrogens (primary N) is 1. The first-order valence-corrected chi connectivity index (χ1v) is 10.6. The average Bonchev–Trinajstić information content (AvgIpc) is 3.14. The van der Waals surface area contributed by atoms with Crippen molar-refractivity contribution in [1.29, 1.82) is 0 Å². The lowest BCUT2D eigenvalue weighted by molar-refractivity contribution is -0.130. The van der Waals surface area contributed by atoms with Crippen molar-refractivity contribution in [2.24, 2.45) is 32.0 Å². The molecule has 2 aliphatic rings. The summed E-state index contributed by atoms with van der Waals surface area (Å²) in [4.78, 5) is 26.9. The second-order valence-corrected chi connectivity index (χ2v) is 8.29. The van der Waals surface area contributed by atoms with Crippen LogP contribution in [0.5, 0.6) is 0 Å². The maximum Gasteiger partial charge on any atom is 0.232 e. The van der Waals surface area contributed by atoms with E-state index in [1.165, 1.54) is 30.3 Å². The monoisotopic (exact) mass is 433 g/mol. The number of rotatable bonds is 8. The van der Waals surface area contributed by atoms with E-state index in [1.54, 1.807) is 25.7 Å². The average molecular weight is 434 g/mol. The first kappa shape index (κ1) is 23.7. The van der Waals surface area contributed by atoms with E-state index in [0.717, 1.165) is 0 Å². The zero-order valence-electron chi connectivity index (χ0n) is 17.6. The summed E-state index contributed by atoms with van der Waals surface area (Å²) in [5.74, 6) is 2.56. The van der Waals surface area contributed by atoms with Gasteiger partial charge in [-0.3, -0.25) is 14.8 Å². The third-order valence-corrected chi connectivity index (χ3v) is 6.51. The van der Waals surface area contributed by atoms with Gasteiger partial charge >= 0.3 is 0 Å². The number of terminal acetylenes is 1. The normalized spacial score (nSPS) is 26.6. The van der Waals surface area contributed by atoms with Crippen LogP contribution >= 0.6 is 11.8 Å². The van der Waals surface area contributed by atoms with Crippen molar-refractivity contribution in [3.8, 4) is 12.3 Å². The van der Waals surface area contributed by atoms with Crippen molar-refractivity contribution in [2.45, 2.75) is 32.7 Å². The van der Waals surface area contributed by atoms with Gasteiger partial charge in [0.25, 0.3) is 0 Å². The van der Waals surface area contributed by atoms with Crippen LogP contribution in [-0.4, -0.2) is 59.9 Å². The van der Waals surface area contributed by atoms with Crippen LogP contribution in [0.3, 0.4) is 0 Å². The lowest BCUT2D eigenvalue weighted by Gasteiger charge is -2.45. The van der Waals surface area contributed by atoms with E-state index in [1.807, 2.05) is 0 Å². The van der Waals surface area contributed by atoms with E-state index in [-0.39, 0.29) is 30.9 Å². The molecule has 2 rings (SSSR count). The maximum atomic E-state index is 15.4. The molecule has 9 heteroatoms. The van der Waals surface area contributed by atoms with Gasteiger partial charge < -0.3 is 15.4 Å². The van der Waals surface area contributed by atoms with Gasteiger partial charge in [0.15, 0.2) is 11.8 Å². The maximum absolute atomic E-state index is 15.4. The highest BCUT2D eigenvalue weighted by Gasteiger charge is 2.61. The molecular weight excluding hydrogens is 405 g/mol. The van der Waals surface area contributed by atoms with Gasteiger partial charge in [-0.05, 0) is 20.6 Å². The highest BCUT2D eigenvalue weighted by atomic mass is 32.2. The number of likely N-dealkylation sites (tertiary alicyclic amines) is 1. The zero-order chi connectivity index (χ0) is 22.4. The molecule has 0 aromatic rings. The minimum absolute atomic E-state index is 0.00322. The van der Waals surface area contributed by atoms with Gasteiger partial charge in [0.2, 0.25) is 11.8 Å². The predicted octanol–water partition coefficient (Wildman–Crippen LogP) is 2.75. The quantitative estimate of drug-likeness (QED) is 0.362. The van der Waals surface area contributed by atoms with E-state index in [0.29, 0.717) is 23.9 Å². The second-order valence-electron chi connectivity index (χ2n) is 7.25. The summed E-state index contributed by atoms with van der Waals surface area (Å²) in [5.41, 5.74) is 3.81. The summed E-state index contributed by atoms with van der Waals surface area (Å²) in [6.07, 6.45) is 9.74.